The minimum atomic E-state index is -0.566. The summed E-state index contributed by atoms with van der Waals surface area (Å²) < 4.78 is 14.2. The van der Waals surface area contributed by atoms with E-state index >= 15 is 0 Å². The van der Waals surface area contributed by atoms with Crippen LogP contribution in [0.4, 0.5) is 10.1 Å². The maximum Gasteiger partial charge on any atom is 0.258 e. The number of hydrogen-bond donors (Lipinski definition) is 1. The van der Waals surface area contributed by atoms with Crippen LogP contribution >= 0.6 is 27.5 Å². The molecule has 0 aliphatic carbocycles. The molecule has 0 aromatic heterocycles. The van der Waals surface area contributed by atoms with Gasteiger partial charge in [-0.05, 0) is 29.8 Å². The Morgan fingerprint density at radius 1 is 1.26 bits per heavy atom. The second kappa shape index (κ2) is 6.17. The van der Waals surface area contributed by atoms with Gasteiger partial charge in [0, 0.05) is 16.0 Å². The minimum Gasteiger partial charge on any atom is -0.322 e. The first-order valence-corrected chi connectivity index (χ1v) is 6.85. The van der Waals surface area contributed by atoms with Crippen molar-refractivity contribution in [2.75, 3.05) is 5.32 Å². The standard InChI is InChI=1S/C14H10BrClFNO/c15-10-5-6-12(17)11(7-10)14(19)18-13-4-2-1-3-9(13)8-16/h1-7H,8H2,(H,18,19). The van der Waals surface area contributed by atoms with E-state index in [1.54, 1.807) is 24.3 Å². The number of carbonyl (C=O) groups is 1. The first-order chi connectivity index (χ1) is 9.11. The van der Waals surface area contributed by atoms with E-state index in [0.717, 1.165) is 5.56 Å². The molecule has 5 heteroatoms. The Kier molecular flexibility index (Phi) is 4.56. The molecule has 2 aromatic rings. The normalized spacial score (nSPS) is 10.3. The SMILES string of the molecule is O=C(Nc1ccccc1CCl)c1cc(Br)ccc1F. The van der Waals surface area contributed by atoms with Crippen LogP contribution in [0.15, 0.2) is 46.9 Å². The molecule has 0 unspecified atom stereocenters. The molecule has 0 aliphatic heterocycles. The van der Waals surface area contributed by atoms with Crippen LogP contribution in [-0.2, 0) is 5.88 Å². The maximum absolute atomic E-state index is 13.6. The summed E-state index contributed by atoms with van der Waals surface area (Å²) in [5.41, 5.74) is 1.36. The molecule has 0 heterocycles. The highest BCUT2D eigenvalue weighted by atomic mass is 79.9. The molecule has 98 valence electrons. The summed E-state index contributed by atoms with van der Waals surface area (Å²) in [6.07, 6.45) is 0. The number of benzene rings is 2. The summed E-state index contributed by atoms with van der Waals surface area (Å²) in [7, 11) is 0. The molecule has 0 radical (unpaired) electrons. The van der Waals surface area contributed by atoms with Crippen molar-refractivity contribution in [2.45, 2.75) is 5.88 Å². The Balaban J connectivity index is 2.28. The lowest BCUT2D eigenvalue weighted by atomic mass is 10.1. The van der Waals surface area contributed by atoms with E-state index in [-0.39, 0.29) is 11.4 Å². The molecule has 0 bridgehead atoms. The van der Waals surface area contributed by atoms with Gasteiger partial charge in [-0.3, -0.25) is 4.79 Å². The van der Waals surface area contributed by atoms with Gasteiger partial charge in [0.25, 0.3) is 5.91 Å². The van der Waals surface area contributed by atoms with E-state index in [9.17, 15) is 9.18 Å². The third-order valence-electron chi connectivity index (χ3n) is 2.58. The second-order valence-electron chi connectivity index (χ2n) is 3.87. The van der Waals surface area contributed by atoms with E-state index in [2.05, 4.69) is 21.2 Å². The lowest BCUT2D eigenvalue weighted by Crippen LogP contribution is -2.14. The van der Waals surface area contributed by atoms with Gasteiger partial charge in [-0.15, -0.1) is 11.6 Å². The molecule has 0 saturated heterocycles. The molecular formula is C14H10BrClFNO. The second-order valence-corrected chi connectivity index (χ2v) is 5.05. The van der Waals surface area contributed by atoms with Crippen molar-refractivity contribution < 1.29 is 9.18 Å². The molecule has 2 rings (SSSR count). The molecule has 1 amide bonds. The van der Waals surface area contributed by atoms with E-state index in [0.29, 0.717) is 10.2 Å². The summed E-state index contributed by atoms with van der Waals surface area (Å²) in [5.74, 6) is -0.794. The fourth-order valence-electron chi connectivity index (χ4n) is 1.62. The lowest BCUT2D eigenvalue weighted by Gasteiger charge is -2.09. The van der Waals surface area contributed by atoms with Gasteiger partial charge in [-0.25, -0.2) is 4.39 Å². The summed E-state index contributed by atoms with van der Waals surface area (Å²) in [6, 6.07) is 11.4. The van der Waals surface area contributed by atoms with E-state index < -0.39 is 11.7 Å². The van der Waals surface area contributed by atoms with Gasteiger partial charge < -0.3 is 5.32 Å². The molecule has 0 spiro atoms. The van der Waals surface area contributed by atoms with Crippen LogP contribution in [-0.4, -0.2) is 5.91 Å². The van der Waals surface area contributed by atoms with Crippen LogP contribution in [0.25, 0.3) is 0 Å². The fourth-order valence-corrected chi connectivity index (χ4v) is 2.21. The van der Waals surface area contributed by atoms with Crippen LogP contribution in [0.2, 0.25) is 0 Å². The zero-order chi connectivity index (χ0) is 13.8. The van der Waals surface area contributed by atoms with E-state index in [1.165, 1.54) is 12.1 Å². The number of anilines is 1. The Morgan fingerprint density at radius 2 is 2.00 bits per heavy atom. The number of carbonyl (C=O) groups excluding carboxylic acids is 1. The van der Waals surface area contributed by atoms with Crippen LogP contribution in [0.3, 0.4) is 0 Å². The van der Waals surface area contributed by atoms with E-state index in [4.69, 9.17) is 11.6 Å². The van der Waals surface area contributed by atoms with Crippen molar-refractivity contribution in [3.05, 3.63) is 63.9 Å². The topological polar surface area (TPSA) is 29.1 Å². The van der Waals surface area contributed by atoms with Crippen molar-refractivity contribution in [3.63, 3.8) is 0 Å². The van der Waals surface area contributed by atoms with Gasteiger partial charge in [0.05, 0.1) is 5.56 Å². The largest absolute Gasteiger partial charge is 0.322 e. The fraction of sp³-hybridized carbons (Fsp3) is 0.0714. The molecule has 0 fully saturated rings. The van der Waals surface area contributed by atoms with Crippen molar-refractivity contribution in [3.8, 4) is 0 Å². The highest BCUT2D eigenvalue weighted by molar-refractivity contribution is 9.10. The van der Waals surface area contributed by atoms with Crippen LogP contribution < -0.4 is 5.32 Å². The maximum atomic E-state index is 13.6. The van der Waals surface area contributed by atoms with Crippen molar-refractivity contribution in [1.29, 1.82) is 0 Å². The molecule has 0 aliphatic rings. The first kappa shape index (κ1) is 14.0. The van der Waals surface area contributed by atoms with Gasteiger partial charge in [-0.1, -0.05) is 34.1 Å². The van der Waals surface area contributed by atoms with Crippen molar-refractivity contribution >= 4 is 39.1 Å². The van der Waals surface area contributed by atoms with E-state index in [1.807, 2.05) is 6.07 Å². The summed E-state index contributed by atoms with van der Waals surface area (Å²) >= 11 is 9.00. The Morgan fingerprint density at radius 3 is 2.74 bits per heavy atom. The highest BCUT2D eigenvalue weighted by Gasteiger charge is 2.13. The molecule has 1 N–H and O–H groups in total. The number of hydrogen-bond acceptors (Lipinski definition) is 1. The average Bonchev–Trinajstić information content (AvgIpc) is 2.42. The molecule has 2 aromatic carbocycles. The third-order valence-corrected chi connectivity index (χ3v) is 3.36. The number of amides is 1. The van der Waals surface area contributed by atoms with Crippen molar-refractivity contribution in [1.82, 2.24) is 0 Å². The van der Waals surface area contributed by atoms with Gasteiger partial charge in [-0.2, -0.15) is 0 Å². The zero-order valence-corrected chi connectivity index (χ0v) is 12.1. The first-order valence-electron chi connectivity index (χ1n) is 5.52. The zero-order valence-electron chi connectivity index (χ0n) is 9.79. The molecule has 19 heavy (non-hydrogen) atoms. The lowest BCUT2D eigenvalue weighted by molar-refractivity contribution is 0.102. The average molecular weight is 343 g/mol. The molecule has 0 atom stereocenters. The number of para-hydroxylation sites is 1. The number of rotatable bonds is 3. The smallest absolute Gasteiger partial charge is 0.258 e. The van der Waals surface area contributed by atoms with Gasteiger partial charge in [0.2, 0.25) is 0 Å². The van der Waals surface area contributed by atoms with Crippen molar-refractivity contribution in [2.24, 2.45) is 0 Å². The Labute approximate surface area is 123 Å². The quantitative estimate of drug-likeness (QED) is 0.813. The Hall–Kier alpha value is -1.39. The van der Waals surface area contributed by atoms with Crippen LogP contribution in [0.5, 0.6) is 0 Å². The van der Waals surface area contributed by atoms with Crippen LogP contribution in [0, 0.1) is 5.82 Å². The summed E-state index contributed by atoms with van der Waals surface area (Å²) in [6.45, 7) is 0. The number of halogens is 3. The van der Waals surface area contributed by atoms with Gasteiger partial charge in [0.15, 0.2) is 0 Å². The minimum absolute atomic E-state index is 0.0150. The predicted octanol–water partition coefficient (Wildman–Crippen LogP) is 4.58. The molecule has 0 saturated carbocycles. The van der Waals surface area contributed by atoms with Crippen LogP contribution in [0.1, 0.15) is 15.9 Å². The third kappa shape index (κ3) is 3.33. The number of alkyl halides is 1. The monoisotopic (exact) mass is 341 g/mol. The summed E-state index contributed by atoms with van der Waals surface area (Å²) in [5, 5.41) is 2.66. The molecule has 2 nitrogen and oxygen atoms in total. The van der Waals surface area contributed by atoms with Gasteiger partial charge in [0.1, 0.15) is 5.82 Å². The van der Waals surface area contributed by atoms with Gasteiger partial charge >= 0.3 is 0 Å². The summed E-state index contributed by atoms with van der Waals surface area (Å²) in [4.78, 5) is 12.0. The number of nitrogens with one attached hydrogen (secondary N) is 1. The molecular weight excluding hydrogens is 333 g/mol. The predicted molar refractivity (Wildman–Crippen MR) is 78.1 cm³/mol. The highest BCUT2D eigenvalue weighted by Crippen LogP contribution is 2.20. The Bertz CT molecular complexity index is 618.